The van der Waals surface area contributed by atoms with Crippen LogP contribution in [0.15, 0.2) is 57.3 Å². The highest BCUT2D eigenvalue weighted by Gasteiger charge is 2.28. The predicted molar refractivity (Wildman–Crippen MR) is 107 cm³/mol. The molecule has 1 N–H and O–H groups in total. The second-order valence-electron chi connectivity index (χ2n) is 6.61. The smallest absolute Gasteiger partial charge is 0.295 e. The highest BCUT2D eigenvalue weighted by atomic mass is 32.2. The summed E-state index contributed by atoms with van der Waals surface area (Å²) in [7, 11) is 1.78. The summed E-state index contributed by atoms with van der Waals surface area (Å²) in [5.74, 6) is -0.204. The van der Waals surface area contributed by atoms with Crippen molar-refractivity contribution in [3.63, 3.8) is 0 Å². The Hall–Kier alpha value is -3.07. The first-order valence-electron chi connectivity index (χ1n) is 8.81. The van der Waals surface area contributed by atoms with E-state index in [0.717, 1.165) is 5.69 Å². The third-order valence-corrected chi connectivity index (χ3v) is 6.04. The van der Waals surface area contributed by atoms with Crippen molar-refractivity contribution in [1.29, 1.82) is 0 Å². The summed E-state index contributed by atoms with van der Waals surface area (Å²) in [6, 6.07) is 10.6. The van der Waals surface area contributed by atoms with Gasteiger partial charge in [0, 0.05) is 31.6 Å². The van der Waals surface area contributed by atoms with Crippen molar-refractivity contribution in [2.24, 2.45) is 13.0 Å². The fourth-order valence-electron chi connectivity index (χ4n) is 3.25. The molecular weight excluding hydrogens is 378 g/mol. The number of rotatable bonds is 3. The van der Waals surface area contributed by atoms with Gasteiger partial charge >= 0.3 is 0 Å². The zero-order chi connectivity index (χ0) is 19.8. The number of amides is 1. The van der Waals surface area contributed by atoms with Crippen LogP contribution in [0.1, 0.15) is 5.69 Å². The average molecular weight is 397 g/mol. The van der Waals surface area contributed by atoms with Gasteiger partial charge in [0.15, 0.2) is 5.16 Å². The first-order chi connectivity index (χ1) is 13.5. The number of aromatic nitrogens is 4. The van der Waals surface area contributed by atoms with Gasteiger partial charge in [-0.1, -0.05) is 30.0 Å². The van der Waals surface area contributed by atoms with E-state index in [-0.39, 0.29) is 29.3 Å². The van der Waals surface area contributed by atoms with Gasteiger partial charge in [0.05, 0.1) is 17.3 Å². The van der Waals surface area contributed by atoms with Gasteiger partial charge in [0.1, 0.15) is 5.69 Å². The SMILES string of the molecule is Cc1c(NC(=O)C2CSc3nccc(=O)n3C2)c(=O)n(-c2ccccc2)n1C. The number of carbonyl (C=O) groups is 1. The molecule has 1 aliphatic rings. The summed E-state index contributed by atoms with van der Waals surface area (Å²) < 4.78 is 4.73. The minimum absolute atomic E-state index is 0.183. The molecule has 0 saturated carbocycles. The minimum Gasteiger partial charge on any atom is -0.320 e. The Balaban J connectivity index is 1.62. The van der Waals surface area contributed by atoms with Gasteiger partial charge in [-0.05, 0) is 19.1 Å². The largest absolute Gasteiger partial charge is 0.320 e. The van der Waals surface area contributed by atoms with Gasteiger partial charge in [-0.25, -0.2) is 9.67 Å². The molecule has 1 amide bonds. The van der Waals surface area contributed by atoms with E-state index in [4.69, 9.17) is 0 Å². The van der Waals surface area contributed by atoms with Gasteiger partial charge < -0.3 is 5.32 Å². The molecule has 2 aromatic heterocycles. The first-order valence-corrected chi connectivity index (χ1v) is 9.79. The summed E-state index contributed by atoms with van der Waals surface area (Å²) in [6.07, 6.45) is 1.47. The van der Waals surface area contributed by atoms with Crippen molar-refractivity contribution < 1.29 is 4.79 Å². The summed E-state index contributed by atoms with van der Waals surface area (Å²) in [5, 5.41) is 3.40. The molecule has 0 saturated heterocycles. The number of para-hydroxylation sites is 1. The number of fused-ring (bicyclic) bond motifs is 1. The highest BCUT2D eigenvalue weighted by molar-refractivity contribution is 7.99. The fraction of sp³-hybridized carbons (Fsp3) is 0.263. The zero-order valence-corrected chi connectivity index (χ0v) is 16.3. The number of benzene rings is 1. The maximum atomic E-state index is 12.9. The number of carbonyl (C=O) groups excluding carboxylic acids is 1. The number of hydrogen-bond acceptors (Lipinski definition) is 5. The van der Waals surface area contributed by atoms with Crippen LogP contribution in [-0.4, -0.2) is 30.6 Å². The van der Waals surface area contributed by atoms with Gasteiger partial charge in [0.2, 0.25) is 5.91 Å². The van der Waals surface area contributed by atoms with Crippen LogP contribution in [0.25, 0.3) is 5.69 Å². The molecule has 0 bridgehead atoms. The fourth-order valence-corrected chi connectivity index (χ4v) is 4.31. The molecule has 4 rings (SSSR count). The zero-order valence-electron chi connectivity index (χ0n) is 15.5. The lowest BCUT2D eigenvalue weighted by molar-refractivity contribution is -0.119. The van der Waals surface area contributed by atoms with E-state index in [1.807, 2.05) is 30.3 Å². The van der Waals surface area contributed by atoms with E-state index < -0.39 is 5.92 Å². The summed E-state index contributed by atoms with van der Waals surface area (Å²) in [5.41, 5.74) is 1.16. The van der Waals surface area contributed by atoms with Crippen molar-refractivity contribution in [3.05, 3.63) is 69.0 Å². The lowest BCUT2D eigenvalue weighted by Gasteiger charge is -2.23. The third kappa shape index (κ3) is 3.07. The molecule has 0 fully saturated rings. The maximum absolute atomic E-state index is 12.9. The molecule has 3 heterocycles. The number of anilines is 1. The van der Waals surface area contributed by atoms with Gasteiger partial charge in [-0.3, -0.25) is 23.6 Å². The summed E-state index contributed by atoms with van der Waals surface area (Å²) in [4.78, 5) is 42.0. The summed E-state index contributed by atoms with van der Waals surface area (Å²) >= 11 is 1.37. The molecule has 0 radical (unpaired) electrons. The van der Waals surface area contributed by atoms with E-state index in [1.54, 1.807) is 18.7 Å². The van der Waals surface area contributed by atoms with E-state index >= 15 is 0 Å². The Kier molecular flexibility index (Phi) is 4.68. The van der Waals surface area contributed by atoms with Crippen LogP contribution >= 0.6 is 11.8 Å². The average Bonchev–Trinajstić information content (AvgIpc) is 2.92. The molecular formula is C19H19N5O3S. The number of nitrogens with one attached hydrogen (secondary N) is 1. The van der Waals surface area contributed by atoms with Crippen LogP contribution in [0.5, 0.6) is 0 Å². The van der Waals surface area contributed by atoms with E-state index in [2.05, 4.69) is 10.3 Å². The van der Waals surface area contributed by atoms with Crippen LogP contribution < -0.4 is 16.4 Å². The lowest BCUT2D eigenvalue weighted by atomic mass is 10.1. The quantitative estimate of drug-likeness (QED) is 0.675. The Labute approximate surface area is 164 Å². The molecule has 144 valence electrons. The molecule has 28 heavy (non-hydrogen) atoms. The Morgan fingerprint density at radius 3 is 2.71 bits per heavy atom. The van der Waals surface area contributed by atoms with Gasteiger partial charge in [0.25, 0.3) is 11.1 Å². The lowest BCUT2D eigenvalue weighted by Crippen LogP contribution is -2.37. The molecule has 8 nitrogen and oxygen atoms in total. The Morgan fingerprint density at radius 2 is 1.96 bits per heavy atom. The Bertz CT molecular complexity index is 1160. The highest BCUT2D eigenvalue weighted by Crippen LogP contribution is 2.25. The summed E-state index contributed by atoms with van der Waals surface area (Å²) in [6.45, 7) is 2.04. The monoisotopic (exact) mass is 397 g/mol. The number of nitrogens with zero attached hydrogens (tertiary/aromatic N) is 4. The molecule has 1 aliphatic heterocycles. The maximum Gasteiger partial charge on any atom is 0.295 e. The minimum atomic E-state index is -0.427. The first kappa shape index (κ1) is 18.3. The van der Waals surface area contributed by atoms with E-state index in [9.17, 15) is 14.4 Å². The molecule has 0 aliphatic carbocycles. The van der Waals surface area contributed by atoms with Crippen molar-refractivity contribution in [2.45, 2.75) is 18.6 Å². The molecule has 3 aromatic rings. The van der Waals surface area contributed by atoms with Crippen LogP contribution in [0.3, 0.4) is 0 Å². The molecule has 9 heteroatoms. The van der Waals surface area contributed by atoms with Crippen molar-refractivity contribution in [2.75, 3.05) is 11.1 Å². The predicted octanol–water partition coefficient (Wildman–Crippen LogP) is 1.40. The number of thioether (sulfide) groups is 1. The van der Waals surface area contributed by atoms with E-state index in [0.29, 0.717) is 16.6 Å². The molecule has 0 spiro atoms. The van der Waals surface area contributed by atoms with Crippen LogP contribution in [0.2, 0.25) is 0 Å². The standard InChI is InChI=1S/C19H19N5O3S/c1-12-16(18(27)24(22(12)2)14-6-4-3-5-7-14)21-17(26)13-10-23-15(25)8-9-20-19(23)28-11-13/h3-9,13H,10-11H2,1-2H3,(H,21,26). The van der Waals surface area contributed by atoms with Gasteiger partial charge in [-0.2, -0.15) is 0 Å². The van der Waals surface area contributed by atoms with Crippen molar-refractivity contribution in [3.8, 4) is 5.69 Å². The third-order valence-electron chi connectivity index (χ3n) is 4.89. The molecule has 1 unspecified atom stereocenters. The van der Waals surface area contributed by atoms with Crippen molar-refractivity contribution >= 4 is 23.4 Å². The van der Waals surface area contributed by atoms with E-state index in [1.165, 1.54) is 33.3 Å². The second-order valence-corrected chi connectivity index (χ2v) is 7.60. The van der Waals surface area contributed by atoms with Gasteiger partial charge in [-0.15, -0.1) is 0 Å². The van der Waals surface area contributed by atoms with Crippen LogP contribution in [0.4, 0.5) is 5.69 Å². The normalized spacial score (nSPS) is 15.9. The second kappa shape index (κ2) is 7.16. The van der Waals surface area contributed by atoms with Crippen LogP contribution in [-0.2, 0) is 18.4 Å². The van der Waals surface area contributed by atoms with Crippen LogP contribution in [0, 0.1) is 12.8 Å². The topological polar surface area (TPSA) is 90.9 Å². The number of hydrogen-bond donors (Lipinski definition) is 1. The molecule has 1 aromatic carbocycles. The Morgan fingerprint density at radius 1 is 1.21 bits per heavy atom. The molecule has 1 atom stereocenters. The van der Waals surface area contributed by atoms with Crippen molar-refractivity contribution in [1.82, 2.24) is 18.9 Å².